The van der Waals surface area contributed by atoms with E-state index < -0.39 is 11.8 Å². The number of ketones is 2. The maximum Gasteiger partial charge on any atom is 0.180 e. The summed E-state index contributed by atoms with van der Waals surface area (Å²) in [4.78, 5) is 27.3. The molecule has 0 radical (unpaired) electrons. The molecule has 0 spiro atoms. The van der Waals surface area contributed by atoms with Crippen LogP contribution in [-0.2, 0) is 4.79 Å². The number of allylic oxidation sites excluding steroid dienone is 2. The van der Waals surface area contributed by atoms with Gasteiger partial charge >= 0.3 is 0 Å². The molecule has 0 fully saturated rings. The van der Waals surface area contributed by atoms with Crippen LogP contribution in [0.3, 0.4) is 0 Å². The van der Waals surface area contributed by atoms with Crippen LogP contribution in [0.1, 0.15) is 39.9 Å². The molecule has 3 aromatic rings. The molecule has 0 N–H and O–H groups in total. The molecule has 1 unspecified atom stereocenters. The highest BCUT2D eigenvalue weighted by molar-refractivity contribution is 6.38. The summed E-state index contributed by atoms with van der Waals surface area (Å²) in [5, 5.41) is 8.40. The Morgan fingerprint density at radius 2 is 1.39 bits per heavy atom. The first-order chi connectivity index (χ1) is 15.2. The van der Waals surface area contributed by atoms with Crippen molar-refractivity contribution in [2.75, 3.05) is 0 Å². The third-order valence-corrected chi connectivity index (χ3v) is 5.35. The molecule has 152 valence electrons. The van der Waals surface area contributed by atoms with Crippen LogP contribution in [0, 0.1) is 5.92 Å². The summed E-state index contributed by atoms with van der Waals surface area (Å²) in [6.45, 7) is 1.88. The standard InChI is InChI=1S/C27H22N2O2/c1-2-3-18-28-29-25-21-16-10-11-17-22(21)26(30)24(25)27(31)23(19-12-6-4-7-13-19)20-14-8-5-9-15-20/h2-18,23-24H,1H3/b3-2+,28-18-,29-25-. The number of fused-ring (bicyclic) bond motifs is 1. The lowest BCUT2D eigenvalue weighted by molar-refractivity contribution is -0.120. The zero-order chi connectivity index (χ0) is 21.6. The van der Waals surface area contributed by atoms with E-state index in [1.165, 1.54) is 0 Å². The van der Waals surface area contributed by atoms with Gasteiger partial charge in [0.15, 0.2) is 11.6 Å². The van der Waals surface area contributed by atoms with E-state index in [1.807, 2.05) is 85.8 Å². The van der Waals surface area contributed by atoms with Crippen LogP contribution in [0.4, 0.5) is 0 Å². The van der Waals surface area contributed by atoms with Gasteiger partial charge in [-0.05, 0) is 24.1 Å². The second kappa shape index (κ2) is 9.26. The molecule has 0 amide bonds. The average molecular weight is 406 g/mol. The molecular formula is C27H22N2O2. The van der Waals surface area contributed by atoms with E-state index in [9.17, 15) is 9.59 Å². The van der Waals surface area contributed by atoms with E-state index in [-0.39, 0.29) is 11.6 Å². The third-order valence-electron chi connectivity index (χ3n) is 5.35. The number of Topliss-reactive ketones (excluding diaryl/α,β-unsaturated/α-hetero) is 2. The molecule has 1 aliphatic rings. The molecular weight excluding hydrogens is 384 g/mol. The fourth-order valence-corrected chi connectivity index (χ4v) is 3.93. The monoisotopic (exact) mass is 406 g/mol. The summed E-state index contributed by atoms with van der Waals surface area (Å²) < 4.78 is 0. The fraction of sp³-hybridized carbons (Fsp3) is 0.111. The second-order valence-electron chi connectivity index (χ2n) is 7.28. The van der Waals surface area contributed by atoms with Crippen LogP contribution in [-0.4, -0.2) is 23.5 Å². The summed E-state index contributed by atoms with van der Waals surface area (Å²) >= 11 is 0. The van der Waals surface area contributed by atoms with Gasteiger partial charge in [-0.15, -0.1) is 0 Å². The van der Waals surface area contributed by atoms with Crippen LogP contribution < -0.4 is 0 Å². The van der Waals surface area contributed by atoms with E-state index in [4.69, 9.17) is 0 Å². The average Bonchev–Trinajstić information content (AvgIpc) is 3.10. The smallest absolute Gasteiger partial charge is 0.180 e. The van der Waals surface area contributed by atoms with E-state index in [1.54, 1.807) is 24.4 Å². The van der Waals surface area contributed by atoms with Gasteiger partial charge in [0, 0.05) is 17.3 Å². The Morgan fingerprint density at radius 3 is 1.97 bits per heavy atom. The van der Waals surface area contributed by atoms with Crippen molar-refractivity contribution in [3.05, 3.63) is 119 Å². The molecule has 0 saturated carbocycles. The van der Waals surface area contributed by atoms with Crippen molar-refractivity contribution >= 4 is 23.5 Å². The minimum absolute atomic E-state index is 0.196. The summed E-state index contributed by atoms with van der Waals surface area (Å²) in [5.74, 6) is -1.99. The second-order valence-corrected chi connectivity index (χ2v) is 7.28. The Bertz CT molecular complexity index is 1140. The number of carbonyl (C=O) groups is 2. The first-order valence-electron chi connectivity index (χ1n) is 10.2. The molecule has 0 aliphatic heterocycles. The fourth-order valence-electron chi connectivity index (χ4n) is 3.93. The summed E-state index contributed by atoms with van der Waals surface area (Å²) in [6.07, 6.45) is 5.13. The van der Waals surface area contributed by atoms with Crippen LogP contribution in [0.15, 0.2) is 107 Å². The molecule has 0 bridgehead atoms. The van der Waals surface area contributed by atoms with Crippen molar-refractivity contribution in [3.8, 4) is 0 Å². The van der Waals surface area contributed by atoms with Gasteiger partial charge in [-0.25, -0.2) is 0 Å². The zero-order valence-corrected chi connectivity index (χ0v) is 17.2. The predicted octanol–water partition coefficient (Wildman–Crippen LogP) is 5.25. The molecule has 0 saturated heterocycles. The predicted molar refractivity (Wildman–Crippen MR) is 124 cm³/mol. The maximum atomic E-state index is 14.0. The molecule has 0 aromatic heterocycles. The van der Waals surface area contributed by atoms with Gasteiger partial charge in [0.25, 0.3) is 0 Å². The first kappa shape index (κ1) is 20.4. The summed E-state index contributed by atoms with van der Waals surface area (Å²) in [7, 11) is 0. The lowest BCUT2D eigenvalue weighted by atomic mass is 9.80. The van der Waals surface area contributed by atoms with Crippen LogP contribution >= 0.6 is 0 Å². The van der Waals surface area contributed by atoms with Crippen molar-refractivity contribution in [1.29, 1.82) is 0 Å². The first-order valence-corrected chi connectivity index (χ1v) is 10.2. The Morgan fingerprint density at radius 1 is 0.839 bits per heavy atom. The topological polar surface area (TPSA) is 58.9 Å². The number of carbonyl (C=O) groups excluding carboxylic acids is 2. The van der Waals surface area contributed by atoms with Crippen molar-refractivity contribution in [1.82, 2.24) is 0 Å². The highest BCUT2D eigenvalue weighted by atomic mass is 16.2. The van der Waals surface area contributed by atoms with E-state index >= 15 is 0 Å². The van der Waals surface area contributed by atoms with Crippen LogP contribution in [0.2, 0.25) is 0 Å². The minimum Gasteiger partial charge on any atom is -0.297 e. The normalized spacial score (nSPS) is 17.2. The SMILES string of the molecule is C/C=C/C=N\N=C1\c2ccccc2C(=O)C1C(=O)C(c1ccccc1)c1ccccc1. The summed E-state index contributed by atoms with van der Waals surface area (Å²) in [6, 6.07) is 26.3. The third kappa shape index (κ3) is 4.05. The van der Waals surface area contributed by atoms with Crippen LogP contribution in [0.25, 0.3) is 0 Å². The van der Waals surface area contributed by atoms with Gasteiger partial charge in [-0.2, -0.15) is 10.2 Å². The summed E-state index contributed by atoms with van der Waals surface area (Å²) in [5.41, 5.74) is 3.28. The van der Waals surface area contributed by atoms with E-state index in [0.717, 1.165) is 11.1 Å². The zero-order valence-electron chi connectivity index (χ0n) is 17.2. The van der Waals surface area contributed by atoms with Gasteiger partial charge in [0.1, 0.15) is 5.92 Å². The number of rotatable bonds is 6. The molecule has 1 atom stereocenters. The van der Waals surface area contributed by atoms with Gasteiger partial charge in [-0.3, -0.25) is 9.59 Å². The molecule has 1 aliphatic carbocycles. The van der Waals surface area contributed by atoms with Gasteiger partial charge in [-0.1, -0.05) is 91.0 Å². The molecule has 31 heavy (non-hydrogen) atoms. The molecule has 4 rings (SSSR count). The lowest BCUT2D eigenvalue weighted by Crippen LogP contribution is -2.31. The Kier molecular flexibility index (Phi) is 6.08. The van der Waals surface area contributed by atoms with Gasteiger partial charge < -0.3 is 0 Å². The molecule has 4 nitrogen and oxygen atoms in total. The number of hydrogen-bond donors (Lipinski definition) is 0. The Hall–Kier alpha value is -3.92. The van der Waals surface area contributed by atoms with Crippen molar-refractivity contribution in [2.45, 2.75) is 12.8 Å². The van der Waals surface area contributed by atoms with Crippen molar-refractivity contribution < 1.29 is 9.59 Å². The van der Waals surface area contributed by atoms with E-state index in [0.29, 0.717) is 16.8 Å². The quantitative estimate of drug-likeness (QED) is 0.319. The minimum atomic E-state index is -0.995. The highest BCUT2D eigenvalue weighted by Gasteiger charge is 2.44. The highest BCUT2D eigenvalue weighted by Crippen LogP contribution is 2.35. The Labute approximate surface area is 181 Å². The van der Waals surface area contributed by atoms with Gasteiger partial charge in [0.05, 0.1) is 11.6 Å². The molecule has 0 heterocycles. The van der Waals surface area contributed by atoms with Crippen molar-refractivity contribution in [2.24, 2.45) is 16.1 Å². The van der Waals surface area contributed by atoms with Crippen LogP contribution in [0.5, 0.6) is 0 Å². The van der Waals surface area contributed by atoms with Gasteiger partial charge in [0.2, 0.25) is 0 Å². The van der Waals surface area contributed by atoms with Crippen molar-refractivity contribution in [3.63, 3.8) is 0 Å². The molecule has 3 aromatic carbocycles. The Balaban J connectivity index is 1.83. The molecule has 4 heteroatoms. The van der Waals surface area contributed by atoms with E-state index in [2.05, 4.69) is 10.2 Å². The lowest BCUT2D eigenvalue weighted by Gasteiger charge is -2.20. The number of hydrogen-bond acceptors (Lipinski definition) is 4. The number of nitrogens with zero attached hydrogens (tertiary/aromatic N) is 2. The number of benzene rings is 3. The largest absolute Gasteiger partial charge is 0.297 e. The maximum absolute atomic E-state index is 14.0.